The molecule has 1 N–H and O–H groups in total. The van der Waals surface area contributed by atoms with E-state index in [0.717, 1.165) is 18.7 Å². The zero-order valence-corrected chi connectivity index (χ0v) is 15.5. The van der Waals surface area contributed by atoms with E-state index >= 15 is 0 Å². The standard InChI is InChI=1S/C19H22BrFN2O/c1-3-23(4-2)18(14-8-6-5-7-9-14)13-22-19(24)16-12-15(20)10-11-17(16)21/h5-12,18H,3-4,13H2,1-2H3,(H,22,24)/t18-/m0/s1. The molecule has 2 rings (SSSR count). The summed E-state index contributed by atoms with van der Waals surface area (Å²) in [6, 6.07) is 14.5. The van der Waals surface area contributed by atoms with E-state index < -0.39 is 11.7 Å². The summed E-state index contributed by atoms with van der Waals surface area (Å²) in [5, 5.41) is 2.87. The van der Waals surface area contributed by atoms with Gasteiger partial charge in [0, 0.05) is 11.0 Å². The summed E-state index contributed by atoms with van der Waals surface area (Å²) in [5.74, 6) is -0.920. The van der Waals surface area contributed by atoms with E-state index in [1.54, 1.807) is 6.07 Å². The first-order chi connectivity index (χ1) is 11.6. The average Bonchev–Trinajstić information content (AvgIpc) is 2.61. The molecule has 2 aromatic rings. The fourth-order valence-electron chi connectivity index (χ4n) is 2.75. The Morgan fingerprint density at radius 2 is 1.83 bits per heavy atom. The molecule has 0 aliphatic heterocycles. The fraction of sp³-hybridized carbons (Fsp3) is 0.316. The van der Waals surface area contributed by atoms with Gasteiger partial charge in [-0.3, -0.25) is 9.69 Å². The van der Waals surface area contributed by atoms with Crippen LogP contribution in [0.2, 0.25) is 0 Å². The van der Waals surface area contributed by atoms with Gasteiger partial charge in [0.25, 0.3) is 5.91 Å². The van der Waals surface area contributed by atoms with Crippen LogP contribution in [0.4, 0.5) is 4.39 Å². The molecule has 0 aliphatic carbocycles. The summed E-state index contributed by atoms with van der Waals surface area (Å²) >= 11 is 3.27. The summed E-state index contributed by atoms with van der Waals surface area (Å²) in [7, 11) is 0. The van der Waals surface area contributed by atoms with Crippen LogP contribution in [0.3, 0.4) is 0 Å². The minimum Gasteiger partial charge on any atom is -0.350 e. The molecular formula is C19H22BrFN2O. The minimum atomic E-state index is -0.519. The highest BCUT2D eigenvalue weighted by molar-refractivity contribution is 9.10. The van der Waals surface area contributed by atoms with E-state index in [9.17, 15) is 9.18 Å². The van der Waals surface area contributed by atoms with E-state index in [0.29, 0.717) is 11.0 Å². The molecule has 0 spiro atoms. The quantitative estimate of drug-likeness (QED) is 0.756. The van der Waals surface area contributed by atoms with Gasteiger partial charge in [-0.25, -0.2) is 4.39 Å². The number of hydrogen-bond acceptors (Lipinski definition) is 2. The largest absolute Gasteiger partial charge is 0.350 e. The minimum absolute atomic E-state index is 0.0516. The molecule has 0 unspecified atom stereocenters. The first kappa shape index (κ1) is 18.6. The number of carbonyl (C=O) groups is 1. The summed E-state index contributed by atoms with van der Waals surface area (Å²) in [6.45, 7) is 6.36. The number of rotatable bonds is 7. The smallest absolute Gasteiger partial charge is 0.254 e. The zero-order valence-electron chi connectivity index (χ0n) is 13.9. The van der Waals surface area contributed by atoms with Gasteiger partial charge in [0.15, 0.2) is 0 Å². The van der Waals surface area contributed by atoms with E-state index in [-0.39, 0.29) is 11.6 Å². The van der Waals surface area contributed by atoms with Gasteiger partial charge in [-0.2, -0.15) is 0 Å². The van der Waals surface area contributed by atoms with Gasteiger partial charge in [-0.1, -0.05) is 60.1 Å². The Bertz CT molecular complexity index is 674. The third kappa shape index (κ3) is 4.65. The molecule has 0 saturated carbocycles. The Morgan fingerprint density at radius 3 is 2.46 bits per heavy atom. The van der Waals surface area contributed by atoms with Crippen molar-refractivity contribution in [1.29, 1.82) is 0 Å². The van der Waals surface area contributed by atoms with Crippen molar-refractivity contribution in [1.82, 2.24) is 10.2 Å². The Kier molecular flexibility index (Phi) is 6.94. The lowest BCUT2D eigenvalue weighted by Crippen LogP contribution is -2.38. The van der Waals surface area contributed by atoms with Crippen LogP contribution in [-0.4, -0.2) is 30.4 Å². The predicted octanol–water partition coefficient (Wildman–Crippen LogP) is 4.40. The molecule has 24 heavy (non-hydrogen) atoms. The number of amides is 1. The van der Waals surface area contributed by atoms with Crippen LogP contribution in [0.25, 0.3) is 0 Å². The summed E-state index contributed by atoms with van der Waals surface area (Å²) < 4.78 is 14.5. The number of halogens is 2. The van der Waals surface area contributed by atoms with Crippen molar-refractivity contribution < 1.29 is 9.18 Å². The van der Waals surface area contributed by atoms with Gasteiger partial charge < -0.3 is 5.32 Å². The van der Waals surface area contributed by atoms with Crippen LogP contribution in [0.15, 0.2) is 53.0 Å². The van der Waals surface area contributed by atoms with E-state index in [1.807, 2.05) is 18.2 Å². The summed E-state index contributed by atoms with van der Waals surface area (Å²) in [5.41, 5.74) is 1.19. The molecule has 1 atom stereocenters. The van der Waals surface area contributed by atoms with Crippen molar-refractivity contribution >= 4 is 21.8 Å². The lowest BCUT2D eigenvalue weighted by molar-refractivity contribution is 0.0931. The first-order valence-corrected chi connectivity index (χ1v) is 8.88. The molecular weight excluding hydrogens is 371 g/mol. The number of nitrogens with zero attached hydrogens (tertiary/aromatic N) is 1. The summed E-state index contributed by atoms with van der Waals surface area (Å²) in [4.78, 5) is 14.6. The van der Waals surface area contributed by atoms with E-state index in [1.165, 1.54) is 12.1 Å². The second kappa shape index (κ2) is 8.94. The van der Waals surface area contributed by atoms with Crippen LogP contribution >= 0.6 is 15.9 Å². The highest BCUT2D eigenvalue weighted by atomic mass is 79.9. The molecule has 1 amide bonds. The molecule has 0 radical (unpaired) electrons. The molecule has 0 bridgehead atoms. The highest BCUT2D eigenvalue weighted by Gasteiger charge is 2.20. The maximum absolute atomic E-state index is 13.9. The van der Waals surface area contributed by atoms with Gasteiger partial charge in [-0.05, 0) is 36.9 Å². The van der Waals surface area contributed by atoms with Gasteiger partial charge >= 0.3 is 0 Å². The van der Waals surface area contributed by atoms with Gasteiger partial charge in [-0.15, -0.1) is 0 Å². The maximum atomic E-state index is 13.9. The van der Waals surface area contributed by atoms with Crippen molar-refractivity contribution in [3.63, 3.8) is 0 Å². The normalized spacial score (nSPS) is 12.2. The van der Waals surface area contributed by atoms with E-state index in [4.69, 9.17) is 0 Å². The Balaban J connectivity index is 2.15. The number of benzene rings is 2. The molecule has 5 heteroatoms. The predicted molar refractivity (Wildman–Crippen MR) is 98.5 cm³/mol. The van der Waals surface area contributed by atoms with Crippen LogP contribution < -0.4 is 5.32 Å². The van der Waals surface area contributed by atoms with Gasteiger partial charge in [0.2, 0.25) is 0 Å². The number of hydrogen-bond donors (Lipinski definition) is 1. The SMILES string of the molecule is CCN(CC)[C@@H](CNC(=O)c1cc(Br)ccc1F)c1ccccc1. The number of carbonyl (C=O) groups excluding carboxylic acids is 1. The maximum Gasteiger partial charge on any atom is 0.254 e. The van der Waals surface area contributed by atoms with Crippen molar-refractivity contribution in [3.8, 4) is 0 Å². The topological polar surface area (TPSA) is 32.3 Å². The Hall–Kier alpha value is -1.72. The lowest BCUT2D eigenvalue weighted by Gasteiger charge is -2.30. The van der Waals surface area contributed by atoms with Crippen LogP contribution in [-0.2, 0) is 0 Å². The summed E-state index contributed by atoms with van der Waals surface area (Å²) in [6.07, 6.45) is 0. The van der Waals surface area contributed by atoms with Gasteiger partial charge in [0.1, 0.15) is 5.82 Å². The average molecular weight is 393 g/mol. The van der Waals surface area contributed by atoms with Crippen molar-refractivity contribution in [2.45, 2.75) is 19.9 Å². The first-order valence-electron chi connectivity index (χ1n) is 8.09. The Labute approximate surface area is 151 Å². The second-order valence-electron chi connectivity index (χ2n) is 5.48. The molecule has 0 fully saturated rings. The molecule has 2 aromatic carbocycles. The number of likely N-dealkylation sites (N-methyl/N-ethyl adjacent to an activating group) is 1. The van der Waals surface area contributed by atoms with Gasteiger partial charge in [0.05, 0.1) is 11.6 Å². The monoisotopic (exact) mass is 392 g/mol. The third-order valence-electron chi connectivity index (χ3n) is 4.07. The number of nitrogens with one attached hydrogen (secondary N) is 1. The molecule has 0 saturated heterocycles. The zero-order chi connectivity index (χ0) is 17.5. The van der Waals surface area contributed by atoms with Crippen molar-refractivity contribution in [3.05, 3.63) is 69.9 Å². The molecule has 0 aliphatic rings. The van der Waals surface area contributed by atoms with Crippen LogP contribution in [0.1, 0.15) is 35.8 Å². The Morgan fingerprint density at radius 1 is 1.17 bits per heavy atom. The molecule has 0 heterocycles. The third-order valence-corrected chi connectivity index (χ3v) is 4.56. The molecule has 3 nitrogen and oxygen atoms in total. The highest BCUT2D eigenvalue weighted by Crippen LogP contribution is 2.20. The second-order valence-corrected chi connectivity index (χ2v) is 6.40. The fourth-order valence-corrected chi connectivity index (χ4v) is 3.11. The van der Waals surface area contributed by atoms with Crippen molar-refractivity contribution in [2.75, 3.05) is 19.6 Å². The van der Waals surface area contributed by atoms with Crippen molar-refractivity contribution in [2.24, 2.45) is 0 Å². The van der Waals surface area contributed by atoms with Crippen LogP contribution in [0.5, 0.6) is 0 Å². The lowest BCUT2D eigenvalue weighted by atomic mass is 10.0. The van der Waals surface area contributed by atoms with E-state index in [2.05, 4.69) is 52.1 Å². The van der Waals surface area contributed by atoms with Crippen LogP contribution in [0, 0.1) is 5.82 Å². The molecule has 128 valence electrons. The molecule has 0 aromatic heterocycles.